The highest BCUT2D eigenvalue weighted by molar-refractivity contribution is 6.34. The zero-order valence-corrected chi connectivity index (χ0v) is 19.2. The second kappa shape index (κ2) is 11.4. The molecular weight excluding hydrogens is 456 g/mol. The van der Waals surface area contributed by atoms with E-state index in [0.29, 0.717) is 35.4 Å². The number of halogens is 1. The number of nitrogens with one attached hydrogen (secondary N) is 2. The maximum absolute atomic E-state index is 13.2. The van der Waals surface area contributed by atoms with Crippen LogP contribution in [0.15, 0.2) is 72.8 Å². The number of amides is 2. The molecule has 8 heteroatoms. The molecule has 1 aliphatic heterocycles. The zero-order chi connectivity index (χ0) is 23.8. The van der Waals surface area contributed by atoms with E-state index in [2.05, 4.69) is 10.6 Å². The fourth-order valence-electron chi connectivity index (χ4n) is 3.47. The normalized spacial score (nSPS) is 13.3. The Morgan fingerprint density at radius 3 is 2.21 bits per heavy atom. The highest BCUT2D eigenvalue weighted by Gasteiger charge is 2.24. The highest BCUT2D eigenvalue weighted by Crippen LogP contribution is 2.37. The molecule has 0 unspecified atom stereocenters. The Bertz CT molecular complexity index is 1120. The predicted molar refractivity (Wildman–Crippen MR) is 129 cm³/mol. The summed E-state index contributed by atoms with van der Waals surface area (Å²) in [5.41, 5.74) is 2.10. The molecule has 176 valence electrons. The van der Waals surface area contributed by atoms with Gasteiger partial charge in [-0.2, -0.15) is 0 Å². The van der Waals surface area contributed by atoms with Crippen LogP contribution in [-0.2, 0) is 22.6 Å². The lowest BCUT2D eigenvalue weighted by atomic mass is 10.1. The third-order valence-electron chi connectivity index (χ3n) is 5.20. The van der Waals surface area contributed by atoms with Crippen molar-refractivity contribution < 1.29 is 23.8 Å². The third kappa shape index (κ3) is 6.42. The van der Waals surface area contributed by atoms with Gasteiger partial charge in [0.05, 0.1) is 23.9 Å². The summed E-state index contributed by atoms with van der Waals surface area (Å²) in [5, 5.41) is 5.79. The average Bonchev–Trinajstić information content (AvgIpc) is 3.08. The smallest absolute Gasteiger partial charge is 0.408 e. The first-order valence-electron chi connectivity index (χ1n) is 11.0. The van der Waals surface area contributed by atoms with E-state index < -0.39 is 18.0 Å². The topological polar surface area (TPSA) is 85.9 Å². The molecule has 0 aliphatic carbocycles. The van der Waals surface area contributed by atoms with Crippen LogP contribution < -0.4 is 20.1 Å². The summed E-state index contributed by atoms with van der Waals surface area (Å²) >= 11 is 6.38. The van der Waals surface area contributed by atoms with Crippen molar-refractivity contribution in [2.24, 2.45) is 0 Å². The fraction of sp³-hybridized carbons (Fsp3) is 0.231. The van der Waals surface area contributed by atoms with Crippen LogP contribution in [0.2, 0.25) is 5.02 Å². The molecule has 1 heterocycles. The lowest BCUT2D eigenvalue weighted by molar-refractivity contribution is -0.118. The Morgan fingerprint density at radius 2 is 1.53 bits per heavy atom. The van der Waals surface area contributed by atoms with E-state index in [0.717, 1.165) is 17.5 Å². The lowest BCUT2D eigenvalue weighted by Gasteiger charge is -2.20. The molecule has 0 radical (unpaired) electrons. The molecule has 0 spiro atoms. The minimum Gasteiger partial charge on any atom is -0.490 e. The molecular formula is C26H25ClN2O5. The van der Waals surface area contributed by atoms with Gasteiger partial charge >= 0.3 is 6.09 Å². The summed E-state index contributed by atoms with van der Waals surface area (Å²) in [6.45, 7) is 1.14. The molecule has 0 saturated heterocycles. The molecule has 3 aromatic carbocycles. The van der Waals surface area contributed by atoms with E-state index in [9.17, 15) is 9.59 Å². The fourth-order valence-corrected chi connectivity index (χ4v) is 3.67. The van der Waals surface area contributed by atoms with Crippen molar-refractivity contribution in [3.8, 4) is 11.5 Å². The first-order chi connectivity index (χ1) is 16.6. The summed E-state index contributed by atoms with van der Waals surface area (Å²) in [7, 11) is 0. The van der Waals surface area contributed by atoms with Gasteiger partial charge in [-0.05, 0) is 11.1 Å². The number of hydrogen-bond donors (Lipinski definition) is 2. The predicted octanol–water partition coefficient (Wildman–Crippen LogP) is 4.98. The maximum Gasteiger partial charge on any atom is 0.408 e. The van der Waals surface area contributed by atoms with E-state index in [1.54, 1.807) is 12.1 Å². The summed E-state index contributed by atoms with van der Waals surface area (Å²) < 4.78 is 16.6. The van der Waals surface area contributed by atoms with Crippen molar-refractivity contribution in [3.63, 3.8) is 0 Å². The number of carbonyl (C=O) groups excluding carboxylic acids is 2. The van der Waals surface area contributed by atoms with E-state index >= 15 is 0 Å². The number of anilines is 1. The lowest BCUT2D eigenvalue weighted by Crippen LogP contribution is -2.45. The molecule has 1 atom stereocenters. The Morgan fingerprint density at radius 1 is 0.912 bits per heavy atom. The second-order valence-electron chi connectivity index (χ2n) is 7.77. The molecule has 0 fully saturated rings. The van der Waals surface area contributed by atoms with Crippen LogP contribution in [0.3, 0.4) is 0 Å². The third-order valence-corrected chi connectivity index (χ3v) is 5.51. The Balaban J connectivity index is 1.47. The molecule has 3 aromatic rings. The summed E-state index contributed by atoms with van der Waals surface area (Å²) in [5.74, 6) is 0.605. The molecule has 7 nitrogen and oxygen atoms in total. The monoisotopic (exact) mass is 480 g/mol. The maximum atomic E-state index is 13.2. The molecule has 0 bridgehead atoms. The number of benzene rings is 3. The quantitative estimate of drug-likeness (QED) is 0.498. The van der Waals surface area contributed by atoms with Crippen LogP contribution in [0.1, 0.15) is 17.5 Å². The number of carbonyl (C=O) groups is 2. The molecule has 34 heavy (non-hydrogen) atoms. The van der Waals surface area contributed by atoms with E-state index in [1.165, 1.54) is 0 Å². The summed E-state index contributed by atoms with van der Waals surface area (Å²) in [4.78, 5) is 25.7. The van der Waals surface area contributed by atoms with Crippen molar-refractivity contribution in [1.29, 1.82) is 0 Å². The van der Waals surface area contributed by atoms with Crippen molar-refractivity contribution in [3.05, 3.63) is 88.9 Å². The molecule has 2 amide bonds. The van der Waals surface area contributed by atoms with Gasteiger partial charge in [0.25, 0.3) is 0 Å². The molecule has 0 aromatic heterocycles. The number of rotatable bonds is 7. The van der Waals surface area contributed by atoms with E-state index in [1.807, 2.05) is 60.7 Å². The van der Waals surface area contributed by atoms with Crippen molar-refractivity contribution in [2.45, 2.75) is 25.5 Å². The molecule has 0 saturated carbocycles. The SMILES string of the molecule is O=C(N[C@@H](Cc1ccccc1)C(=O)Nc1cc2c(cc1Cl)OCCCO2)OCc1ccccc1. The zero-order valence-electron chi connectivity index (χ0n) is 18.5. The van der Waals surface area contributed by atoms with Crippen molar-refractivity contribution in [2.75, 3.05) is 18.5 Å². The minimum atomic E-state index is -0.891. The molecule has 4 rings (SSSR count). The van der Waals surface area contributed by atoms with Crippen LogP contribution in [0.25, 0.3) is 0 Å². The van der Waals surface area contributed by atoms with Gasteiger partial charge in [0.1, 0.15) is 12.6 Å². The second-order valence-corrected chi connectivity index (χ2v) is 8.17. The summed E-state index contributed by atoms with van der Waals surface area (Å²) in [6.07, 6.45) is 0.335. The van der Waals surface area contributed by atoms with Crippen molar-refractivity contribution in [1.82, 2.24) is 5.32 Å². The van der Waals surface area contributed by atoms with Gasteiger partial charge in [0.2, 0.25) is 5.91 Å². The number of hydrogen-bond acceptors (Lipinski definition) is 5. The van der Waals surface area contributed by atoms with Gasteiger partial charge < -0.3 is 24.8 Å². The van der Waals surface area contributed by atoms with E-state index in [4.69, 9.17) is 25.8 Å². The van der Waals surface area contributed by atoms with Crippen molar-refractivity contribution >= 4 is 29.3 Å². The molecule has 2 N–H and O–H groups in total. The number of fused-ring (bicyclic) bond motifs is 1. The van der Waals surface area contributed by atoms with Crippen LogP contribution in [-0.4, -0.2) is 31.3 Å². The first kappa shape index (κ1) is 23.4. The van der Waals surface area contributed by atoms with Crippen LogP contribution in [0.4, 0.5) is 10.5 Å². The van der Waals surface area contributed by atoms with Crippen LogP contribution in [0.5, 0.6) is 11.5 Å². The standard InChI is InChI=1S/C26H25ClN2O5/c27-20-15-23-24(33-13-7-12-32-23)16-21(20)28-25(30)22(14-18-8-3-1-4-9-18)29-26(31)34-17-19-10-5-2-6-11-19/h1-6,8-11,15-16,22H,7,12-14,17H2,(H,28,30)(H,29,31)/t22-/m0/s1. The Labute approximate surface area is 203 Å². The largest absolute Gasteiger partial charge is 0.490 e. The van der Waals surface area contributed by atoms with Gasteiger partial charge in [0, 0.05) is 25.0 Å². The highest BCUT2D eigenvalue weighted by atomic mass is 35.5. The summed E-state index contributed by atoms with van der Waals surface area (Å²) in [6, 6.07) is 21.1. The van der Waals surface area contributed by atoms with E-state index in [-0.39, 0.29) is 13.0 Å². The Hall–Kier alpha value is -3.71. The van der Waals surface area contributed by atoms with Gasteiger partial charge in [-0.1, -0.05) is 72.3 Å². The Kier molecular flexibility index (Phi) is 7.88. The van der Waals surface area contributed by atoms with Gasteiger partial charge in [0.15, 0.2) is 11.5 Å². The number of alkyl carbamates (subject to hydrolysis) is 1. The minimum absolute atomic E-state index is 0.0976. The average molecular weight is 481 g/mol. The first-order valence-corrected chi connectivity index (χ1v) is 11.4. The molecule has 1 aliphatic rings. The number of ether oxygens (including phenoxy) is 3. The van der Waals surface area contributed by atoms with Gasteiger partial charge in [-0.15, -0.1) is 0 Å². The van der Waals surface area contributed by atoms with Crippen LogP contribution >= 0.6 is 11.6 Å². The van der Waals surface area contributed by atoms with Gasteiger partial charge in [-0.25, -0.2) is 4.79 Å². The van der Waals surface area contributed by atoms with Crippen LogP contribution in [0, 0.1) is 0 Å². The van der Waals surface area contributed by atoms with Gasteiger partial charge in [-0.3, -0.25) is 4.79 Å².